The first kappa shape index (κ1) is 22.6. The molecule has 31 heavy (non-hydrogen) atoms. The highest BCUT2D eigenvalue weighted by Gasteiger charge is 2.50. The highest BCUT2D eigenvalue weighted by Crippen LogP contribution is 2.58. The smallest absolute Gasteiger partial charge is 0.165 e. The first-order valence-electron chi connectivity index (χ1n) is 12.1. The summed E-state index contributed by atoms with van der Waals surface area (Å²) < 4.78 is 0. The Hall–Kier alpha value is -1.57. The molecule has 4 rings (SSSR count). The van der Waals surface area contributed by atoms with Crippen molar-refractivity contribution >= 4 is 18.5 Å². The van der Waals surface area contributed by atoms with E-state index < -0.39 is 7.38 Å². The van der Waals surface area contributed by atoms with Gasteiger partial charge in [0, 0.05) is 22.9 Å². The molecule has 0 aromatic heterocycles. The van der Waals surface area contributed by atoms with Crippen molar-refractivity contribution in [3.05, 3.63) is 94.2 Å². The lowest BCUT2D eigenvalue weighted by Gasteiger charge is -2.37. The molecule has 164 valence electrons. The van der Waals surface area contributed by atoms with Crippen LogP contribution in [0.3, 0.4) is 0 Å². The van der Waals surface area contributed by atoms with Gasteiger partial charge in [-0.05, 0) is 49.0 Å². The van der Waals surface area contributed by atoms with Gasteiger partial charge in [-0.2, -0.15) is 11.1 Å². The highest BCUT2D eigenvalue weighted by atomic mass is 35.6. The largest absolute Gasteiger partial charge is 0.176 e. The average Bonchev–Trinajstić information content (AvgIpc) is 3.08. The molecule has 4 atom stereocenters. The van der Waals surface area contributed by atoms with Gasteiger partial charge in [0.25, 0.3) is 0 Å². The van der Waals surface area contributed by atoms with Crippen molar-refractivity contribution in [2.75, 3.05) is 0 Å². The van der Waals surface area contributed by atoms with Crippen LogP contribution in [0, 0.1) is 11.8 Å². The first-order valence-corrected chi connectivity index (χ1v) is 15.8. The van der Waals surface area contributed by atoms with Crippen LogP contribution in [-0.2, 0) is 0 Å². The van der Waals surface area contributed by atoms with E-state index in [9.17, 15) is 0 Å². The molecule has 0 bridgehead atoms. The van der Waals surface area contributed by atoms with Gasteiger partial charge in [-0.15, -0.1) is 0 Å². The Morgan fingerprint density at radius 1 is 0.710 bits per heavy atom. The summed E-state index contributed by atoms with van der Waals surface area (Å²) in [6, 6.07) is 0. The van der Waals surface area contributed by atoms with E-state index in [0.29, 0.717) is 22.9 Å². The third-order valence-corrected chi connectivity index (χ3v) is 12.7. The van der Waals surface area contributed by atoms with E-state index in [-0.39, 0.29) is 0 Å². The second kappa shape index (κ2) is 9.12. The number of rotatable bonds is 6. The van der Waals surface area contributed by atoms with Gasteiger partial charge >= 0.3 is 0 Å². The summed E-state index contributed by atoms with van der Waals surface area (Å²) in [6.07, 6.45) is 28.2. The molecule has 0 heterocycles. The molecule has 0 aliphatic heterocycles. The van der Waals surface area contributed by atoms with Gasteiger partial charge in [-0.3, -0.25) is 0 Å². The second-order valence-corrected chi connectivity index (χ2v) is 15.8. The van der Waals surface area contributed by atoms with E-state index in [2.05, 4.69) is 95.0 Å². The zero-order valence-electron chi connectivity index (χ0n) is 19.8. The second-order valence-electron chi connectivity index (χ2n) is 9.89. The maximum Gasteiger partial charge on any atom is 0.176 e. The molecule has 0 saturated heterocycles. The predicted molar refractivity (Wildman–Crippen MR) is 140 cm³/mol. The molecule has 0 fully saturated rings. The zero-order chi connectivity index (χ0) is 22.2. The average molecular weight is 449 g/mol. The number of allylic oxidation sites excluding steroid dienone is 16. The molecule has 4 aliphatic carbocycles. The van der Waals surface area contributed by atoms with Gasteiger partial charge in [0.15, 0.2) is 7.38 Å². The minimum absolute atomic E-state index is 0.370. The maximum atomic E-state index is 7.81. The monoisotopic (exact) mass is 448 g/mol. The lowest BCUT2D eigenvalue weighted by atomic mass is 9.92. The number of hydrogen-bond acceptors (Lipinski definition) is 0. The van der Waals surface area contributed by atoms with E-state index in [1.807, 2.05) is 0 Å². The molecule has 0 aromatic carbocycles. The summed E-state index contributed by atoms with van der Waals surface area (Å²) in [6.45, 7) is 11.6. The SMILES string of the molecule is CCCC1C=CC=CC2=C1C=C(C)C2[Si](C)(Cl)C1C(C)=CC2=C1C=CC=CC2CCC. The highest BCUT2D eigenvalue weighted by molar-refractivity contribution is 7.22. The van der Waals surface area contributed by atoms with Crippen LogP contribution in [0.15, 0.2) is 94.2 Å². The molecule has 0 amide bonds. The molecular weight excluding hydrogens is 412 g/mol. The van der Waals surface area contributed by atoms with Crippen LogP contribution in [0.5, 0.6) is 0 Å². The van der Waals surface area contributed by atoms with Crippen molar-refractivity contribution < 1.29 is 0 Å². The molecular formula is C29H37ClSi. The summed E-state index contributed by atoms with van der Waals surface area (Å²) in [4.78, 5) is 0. The van der Waals surface area contributed by atoms with Gasteiger partial charge in [0.05, 0.1) is 0 Å². The van der Waals surface area contributed by atoms with Crippen molar-refractivity contribution in [3.63, 3.8) is 0 Å². The summed E-state index contributed by atoms with van der Waals surface area (Å²) in [5.74, 6) is 1.03. The summed E-state index contributed by atoms with van der Waals surface area (Å²) >= 11 is 7.81. The Morgan fingerprint density at radius 2 is 1.13 bits per heavy atom. The van der Waals surface area contributed by atoms with E-state index in [1.165, 1.54) is 59.1 Å². The van der Waals surface area contributed by atoms with E-state index in [1.54, 1.807) is 0 Å². The number of halogens is 1. The Morgan fingerprint density at radius 3 is 1.52 bits per heavy atom. The zero-order valence-corrected chi connectivity index (χ0v) is 21.5. The van der Waals surface area contributed by atoms with Crippen LogP contribution in [0.2, 0.25) is 17.6 Å². The van der Waals surface area contributed by atoms with Crippen molar-refractivity contribution in [3.8, 4) is 0 Å². The summed E-state index contributed by atoms with van der Waals surface area (Å²) in [5.41, 5.74) is 9.70. The van der Waals surface area contributed by atoms with Crippen molar-refractivity contribution in [1.29, 1.82) is 0 Å². The third kappa shape index (κ3) is 4.00. The fourth-order valence-electron chi connectivity index (χ4n) is 6.39. The van der Waals surface area contributed by atoms with Crippen LogP contribution in [0.1, 0.15) is 53.4 Å². The fraction of sp³-hybridized carbons (Fsp3) is 0.448. The molecule has 0 aromatic rings. The van der Waals surface area contributed by atoms with Crippen molar-refractivity contribution in [2.24, 2.45) is 11.8 Å². The topological polar surface area (TPSA) is 0 Å². The maximum absolute atomic E-state index is 7.81. The Bertz CT molecular complexity index is 898. The van der Waals surface area contributed by atoms with Crippen LogP contribution in [-0.4, -0.2) is 7.38 Å². The van der Waals surface area contributed by atoms with E-state index >= 15 is 0 Å². The Balaban J connectivity index is 1.76. The first-order chi connectivity index (χ1) is 14.9. The summed E-state index contributed by atoms with van der Waals surface area (Å²) in [5, 5.41) is 0. The molecule has 2 heteroatoms. The van der Waals surface area contributed by atoms with Crippen molar-refractivity contribution in [1.82, 2.24) is 0 Å². The lowest BCUT2D eigenvalue weighted by Crippen LogP contribution is -2.37. The van der Waals surface area contributed by atoms with Gasteiger partial charge in [-0.1, -0.05) is 105 Å². The molecule has 0 saturated carbocycles. The normalized spacial score (nSPS) is 31.3. The molecule has 0 N–H and O–H groups in total. The van der Waals surface area contributed by atoms with Crippen LogP contribution >= 0.6 is 11.1 Å². The molecule has 0 spiro atoms. The van der Waals surface area contributed by atoms with Gasteiger partial charge in [0.1, 0.15) is 0 Å². The van der Waals surface area contributed by atoms with Gasteiger partial charge in [0.2, 0.25) is 0 Å². The quantitative estimate of drug-likeness (QED) is 0.280. The Kier molecular flexibility index (Phi) is 6.65. The Labute approximate surface area is 195 Å². The van der Waals surface area contributed by atoms with Crippen molar-refractivity contribution in [2.45, 2.75) is 71.0 Å². The molecule has 4 aliphatic rings. The van der Waals surface area contributed by atoms with E-state index in [4.69, 9.17) is 11.1 Å². The van der Waals surface area contributed by atoms with Crippen LogP contribution < -0.4 is 0 Å². The van der Waals surface area contributed by atoms with Gasteiger partial charge in [-0.25, -0.2) is 0 Å². The molecule has 0 radical (unpaired) electrons. The van der Waals surface area contributed by atoms with Crippen LogP contribution in [0.4, 0.5) is 0 Å². The third-order valence-electron chi connectivity index (χ3n) is 7.55. The standard InChI is InChI=1S/C29H37ClSi/c1-6-12-22-14-8-10-16-24-26(22)18-20(3)28(24)31(5,30)29-21(4)19-27-23(13-7-2)15-9-11-17-25(27)29/h8-11,14-19,22-23,28-29H,6-7,12-13H2,1-5H3. The summed E-state index contributed by atoms with van der Waals surface area (Å²) in [7, 11) is -2.27. The van der Waals surface area contributed by atoms with E-state index in [0.717, 1.165) is 0 Å². The van der Waals surface area contributed by atoms with Gasteiger partial charge < -0.3 is 0 Å². The minimum Gasteiger partial charge on any atom is -0.165 e. The lowest BCUT2D eigenvalue weighted by molar-refractivity contribution is 0.668. The fourth-order valence-corrected chi connectivity index (χ4v) is 12.1. The molecule has 4 unspecified atom stereocenters. The number of hydrogen-bond donors (Lipinski definition) is 0. The van der Waals surface area contributed by atoms with Crippen LogP contribution in [0.25, 0.3) is 0 Å². The molecule has 0 nitrogen and oxygen atoms in total. The predicted octanol–water partition coefficient (Wildman–Crippen LogP) is 9.14. The minimum atomic E-state index is -2.27.